The lowest BCUT2D eigenvalue weighted by atomic mass is 10.2. The Morgan fingerprint density at radius 2 is 2.25 bits per heavy atom. The second-order valence-electron chi connectivity index (χ2n) is 2.47. The molecule has 1 saturated heterocycles. The first kappa shape index (κ1) is 8.79. The van der Waals surface area contributed by atoms with Gasteiger partial charge in [0.25, 0.3) is 0 Å². The number of nitrogens with two attached hydrogens (primary N) is 1. The lowest BCUT2D eigenvalue weighted by Gasteiger charge is -2.30. The van der Waals surface area contributed by atoms with Gasteiger partial charge in [0.1, 0.15) is 6.04 Å². The molecule has 1 aliphatic heterocycles. The van der Waals surface area contributed by atoms with Crippen LogP contribution in [0.4, 0.5) is 4.79 Å². The van der Waals surface area contributed by atoms with E-state index in [0.717, 1.165) is 4.90 Å². The fourth-order valence-electron chi connectivity index (χ4n) is 1.07. The van der Waals surface area contributed by atoms with Crippen molar-refractivity contribution < 1.29 is 19.4 Å². The summed E-state index contributed by atoms with van der Waals surface area (Å²) in [6.45, 7) is 0.570. The summed E-state index contributed by atoms with van der Waals surface area (Å²) in [5, 5.41) is 8.62. The summed E-state index contributed by atoms with van der Waals surface area (Å²) in [4.78, 5) is 22.2. The van der Waals surface area contributed by atoms with Crippen LogP contribution in [0.15, 0.2) is 0 Å². The van der Waals surface area contributed by atoms with Gasteiger partial charge in [0.15, 0.2) is 0 Å². The quantitative estimate of drug-likeness (QED) is 0.525. The molecule has 0 saturated carbocycles. The normalized spacial score (nSPS) is 23.7. The van der Waals surface area contributed by atoms with Crippen LogP contribution >= 0.6 is 0 Å². The van der Waals surface area contributed by atoms with E-state index >= 15 is 0 Å². The highest BCUT2D eigenvalue weighted by atomic mass is 16.5. The maximum absolute atomic E-state index is 10.7. The van der Waals surface area contributed by atoms with Crippen molar-refractivity contribution in [3.8, 4) is 0 Å². The predicted molar refractivity (Wildman–Crippen MR) is 38.5 cm³/mol. The molecule has 6 heteroatoms. The minimum atomic E-state index is -1.14. The molecule has 0 aliphatic carbocycles. The first-order chi connectivity index (χ1) is 5.63. The number of hydrogen-bond acceptors (Lipinski definition) is 3. The Morgan fingerprint density at radius 3 is 2.67 bits per heavy atom. The van der Waals surface area contributed by atoms with Crippen LogP contribution in [-0.2, 0) is 9.53 Å². The Morgan fingerprint density at radius 1 is 1.58 bits per heavy atom. The van der Waals surface area contributed by atoms with Gasteiger partial charge < -0.3 is 15.6 Å². The average molecular weight is 174 g/mol. The summed E-state index contributed by atoms with van der Waals surface area (Å²) >= 11 is 0. The number of carbonyl (C=O) groups excluding carboxylic acids is 1. The van der Waals surface area contributed by atoms with Crippen LogP contribution in [0.3, 0.4) is 0 Å². The van der Waals surface area contributed by atoms with Crippen LogP contribution in [0, 0.1) is 0 Å². The summed E-state index contributed by atoms with van der Waals surface area (Å²) in [6.07, 6.45) is -1.14. The highest BCUT2D eigenvalue weighted by Gasteiger charge is 2.30. The van der Waals surface area contributed by atoms with E-state index < -0.39 is 18.0 Å². The molecule has 3 N–H and O–H groups in total. The van der Waals surface area contributed by atoms with E-state index in [1.54, 1.807) is 0 Å². The summed E-state index contributed by atoms with van der Waals surface area (Å²) < 4.78 is 4.92. The van der Waals surface area contributed by atoms with Crippen LogP contribution in [0.2, 0.25) is 0 Å². The molecule has 2 amide bonds. The summed E-state index contributed by atoms with van der Waals surface area (Å²) in [5.74, 6) is -0.669. The van der Waals surface area contributed by atoms with Crippen molar-refractivity contribution >= 4 is 12.0 Å². The molecule has 0 spiro atoms. The van der Waals surface area contributed by atoms with Gasteiger partial charge in [-0.3, -0.25) is 9.69 Å². The van der Waals surface area contributed by atoms with Gasteiger partial charge in [-0.15, -0.1) is 0 Å². The number of carbonyl (C=O) groups is 2. The smallest absolute Gasteiger partial charge is 0.408 e. The van der Waals surface area contributed by atoms with Crippen LogP contribution in [-0.4, -0.2) is 47.8 Å². The second-order valence-corrected chi connectivity index (χ2v) is 2.47. The van der Waals surface area contributed by atoms with Crippen LogP contribution in [0.5, 0.6) is 0 Å². The Kier molecular flexibility index (Phi) is 2.49. The Bertz CT molecular complexity index is 184. The topological polar surface area (TPSA) is 92.9 Å². The lowest BCUT2D eigenvalue weighted by molar-refractivity contribution is -0.127. The lowest BCUT2D eigenvalue weighted by Crippen LogP contribution is -2.54. The summed E-state index contributed by atoms with van der Waals surface area (Å²) in [6, 6.07) is -0.837. The second kappa shape index (κ2) is 3.40. The Hall–Kier alpha value is -1.30. The van der Waals surface area contributed by atoms with Gasteiger partial charge in [-0.2, -0.15) is 0 Å². The highest BCUT2D eigenvalue weighted by molar-refractivity contribution is 5.84. The SMILES string of the molecule is NC(=O)[C@@H]1COCCN1C(=O)O. The van der Waals surface area contributed by atoms with Crippen molar-refractivity contribution in [2.24, 2.45) is 5.73 Å². The molecule has 1 atom stereocenters. The number of morpholine rings is 1. The van der Waals surface area contributed by atoms with Crippen molar-refractivity contribution in [3.63, 3.8) is 0 Å². The van der Waals surface area contributed by atoms with Crippen LogP contribution in [0.25, 0.3) is 0 Å². The number of carboxylic acid groups (broad SMARTS) is 1. The first-order valence-corrected chi connectivity index (χ1v) is 3.49. The van der Waals surface area contributed by atoms with Crippen molar-refractivity contribution in [1.82, 2.24) is 4.90 Å². The molecule has 0 bridgehead atoms. The third kappa shape index (κ3) is 1.65. The minimum absolute atomic E-state index is 0.0572. The molecule has 12 heavy (non-hydrogen) atoms. The molecule has 0 unspecified atom stereocenters. The van der Waals surface area contributed by atoms with Crippen LogP contribution < -0.4 is 5.73 Å². The molecule has 1 heterocycles. The molecule has 0 aromatic heterocycles. The van der Waals surface area contributed by atoms with Gasteiger partial charge in [-0.25, -0.2) is 4.79 Å². The molecule has 1 aliphatic rings. The number of rotatable bonds is 1. The van der Waals surface area contributed by atoms with Crippen molar-refractivity contribution in [2.45, 2.75) is 6.04 Å². The van der Waals surface area contributed by atoms with E-state index in [-0.39, 0.29) is 13.2 Å². The highest BCUT2D eigenvalue weighted by Crippen LogP contribution is 2.05. The number of hydrogen-bond donors (Lipinski definition) is 2. The molecule has 1 fully saturated rings. The van der Waals surface area contributed by atoms with E-state index in [2.05, 4.69) is 0 Å². The van der Waals surface area contributed by atoms with Crippen molar-refractivity contribution in [2.75, 3.05) is 19.8 Å². The molecule has 68 valence electrons. The number of amides is 2. The number of nitrogens with zero attached hydrogens (tertiary/aromatic N) is 1. The van der Waals surface area contributed by atoms with Gasteiger partial charge in [-0.1, -0.05) is 0 Å². The van der Waals surface area contributed by atoms with E-state index in [9.17, 15) is 9.59 Å². The maximum Gasteiger partial charge on any atom is 0.408 e. The third-order valence-electron chi connectivity index (χ3n) is 1.70. The molecule has 6 nitrogen and oxygen atoms in total. The number of primary amides is 1. The third-order valence-corrected chi connectivity index (χ3v) is 1.70. The molecule has 0 radical (unpaired) electrons. The molecular formula is C6H10N2O4. The number of ether oxygens (including phenoxy) is 1. The van der Waals surface area contributed by atoms with E-state index in [1.807, 2.05) is 0 Å². The van der Waals surface area contributed by atoms with Gasteiger partial charge in [-0.05, 0) is 0 Å². The standard InChI is InChI=1S/C6H10N2O4/c7-5(9)4-3-12-2-1-8(4)6(10)11/h4H,1-3H2,(H2,7,9)(H,10,11)/t4-/m0/s1. The van der Waals surface area contributed by atoms with E-state index in [4.69, 9.17) is 15.6 Å². The Labute approximate surface area is 68.9 Å². The monoisotopic (exact) mass is 174 g/mol. The zero-order chi connectivity index (χ0) is 9.14. The molecule has 1 rings (SSSR count). The van der Waals surface area contributed by atoms with Crippen molar-refractivity contribution in [1.29, 1.82) is 0 Å². The Balaban J connectivity index is 2.67. The molecule has 0 aromatic rings. The van der Waals surface area contributed by atoms with Gasteiger partial charge in [0.05, 0.1) is 13.2 Å². The zero-order valence-electron chi connectivity index (χ0n) is 6.40. The van der Waals surface area contributed by atoms with Gasteiger partial charge in [0, 0.05) is 6.54 Å². The minimum Gasteiger partial charge on any atom is -0.465 e. The predicted octanol–water partition coefficient (Wildman–Crippen LogP) is -1.15. The maximum atomic E-state index is 10.7. The van der Waals surface area contributed by atoms with E-state index in [0.29, 0.717) is 6.61 Å². The summed E-state index contributed by atoms with van der Waals surface area (Å²) in [5.41, 5.74) is 4.97. The fraction of sp³-hybridized carbons (Fsp3) is 0.667. The summed E-state index contributed by atoms with van der Waals surface area (Å²) in [7, 11) is 0. The van der Waals surface area contributed by atoms with Crippen molar-refractivity contribution in [3.05, 3.63) is 0 Å². The fourth-order valence-corrected chi connectivity index (χ4v) is 1.07. The zero-order valence-corrected chi connectivity index (χ0v) is 6.40. The molecular weight excluding hydrogens is 164 g/mol. The average Bonchev–Trinajstić information content (AvgIpc) is 2.04. The first-order valence-electron chi connectivity index (χ1n) is 3.49. The largest absolute Gasteiger partial charge is 0.465 e. The van der Waals surface area contributed by atoms with Crippen LogP contribution in [0.1, 0.15) is 0 Å². The van der Waals surface area contributed by atoms with Gasteiger partial charge >= 0.3 is 6.09 Å². The molecule has 0 aromatic carbocycles. The van der Waals surface area contributed by atoms with Gasteiger partial charge in [0.2, 0.25) is 5.91 Å². The van der Waals surface area contributed by atoms with E-state index in [1.165, 1.54) is 0 Å².